The molecule has 1 aromatic heterocycles. The molecule has 1 saturated carbocycles. The van der Waals surface area contributed by atoms with Crippen molar-refractivity contribution < 1.29 is 9.53 Å². The maximum Gasteiger partial charge on any atom is 0.241 e. The number of halogens is 3. The van der Waals surface area contributed by atoms with Gasteiger partial charge in [-0.2, -0.15) is 0 Å². The van der Waals surface area contributed by atoms with E-state index in [1.165, 1.54) is 25.7 Å². The van der Waals surface area contributed by atoms with Crippen molar-refractivity contribution in [3.05, 3.63) is 53.3 Å². The second-order valence-electron chi connectivity index (χ2n) is 7.39. The van der Waals surface area contributed by atoms with Gasteiger partial charge in [0.05, 0.1) is 11.1 Å². The molecule has 2 aliphatic rings. The molecule has 2 heterocycles. The fourth-order valence-corrected chi connectivity index (χ4v) is 4.33. The molecule has 5 nitrogen and oxygen atoms in total. The minimum atomic E-state index is -0.113. The highest BCUT2D eigenvalue weighted by molar-refractivity contribution is 6.32. The molecule has 3 atom stereocenters. The number of nitrogens with zero attached hydrogens (tertiary/aromatic N) is 1. The number of ether oxygens (including phenoxy) is 1. The van der Waals surface area contributed by atoms with Gasteiger partial charge in [-0.25, -0.2) is 0 Å². The number of nitrogens with one attached hydrogen (secondary N) is 2. The molecule has 1 aliphatic heterocycles. The Balaban J connectivity index is 0.00000150. The van der Waals surface area contributed by atoms with Crippen LogP contribution in [0.4, 0.5) is 5.69 Å². The fraction of sp³-hybridized carbons (Fsp3) is 0.429. The summed E-state index contributed by atoms with van der Waals surface area (Å²) in [7, 11) is 0. The zero-order valence-corrected chi connectivity index (χ0v) is 18.4. The summed E-state index contributed by atoms with van der Waals surface area (Å²) in [5.41, 5.74) is 1.66. The minimum Gasteiger partial charge on any atom is -0.487 e. The van der Waals surface area contributed by atoms with Gasteiger partial charge < -0.3 is 15.4 Å². The molecule has 3 unspecified atom stereocenters. The molecular formula is C21H26Cl3N3O2. The molecule has 2 aromatic rings. The number of pyridine rings is 1. The number of hydrogen-bond donors (Lipinski definition) is 2. The van der Waals surface area contributed by atoms with Crippen LogP contribution in [-0.2, 0) is 11.4 Å². The number of fused-ring (bicyclic) bond motifs is 1. The first-order valence-electron chi connectivity index (χ1n) is 9.57. The molecule has 1 amide bonds. The highest BCUT2D eigenvalue weighted by Crippen LogP contribution is 2.34. The molecule has 158 valence electrons. The van der Waals surface area contributed by atoms with E-state index in [4.69, 9.17) is 16.3 Å². The first-order valence-corrected chi connectivity index (χ1v) is 9.95. The van der Waals surface area contributed by atoms with Crippen LogP contribution in [0.15, 0.2) is 42.7 Å². The summed E-state index contributed by atoms with van der Waals surface area (Å²) in [5, 5.41) is 6.96. The van der Waals surface area contributed by atoms with Gasteiger partial charge >= 0.3 is 0 Å². The Morgan fingerprint density at radius 1 is 1.24 bits per heavy atom. The molecule has 29 heavy (non-hydrogen) atoms. The van der Waals surface area contributed by atoms with E-state index in [0.717, 1.165) is 12.0 Å². The molecule has 4 rings (SSSR count). The van der Waals surface area contributed by atoms with Gasteiger partial charge in [0.25, 0.3) is 0 Å². The Labute approximate surface area is 188 Å². The lowest BCUT2D eigenvalue weighted by Crippen LogP contribution is -2.39. The van der Waals surface area contributed by atoms with Gasteiger partial charge in [0, 0.05) is 29.7 Å². The summed E-state index contributed by atoms with van der Waals surface area (Å²) in [5.74, 6) is 1.24. The van der Waals surface area contributed by atoms with Crippen LogP contribution in [0.5, 0.6) is 5.75 Å². The summed E-state index contributed by atoms with van der Waals surface area (Å²) >= 11 is 6.33. The Morgan fingerprint density at radius 3 is 2.79 bits per heavy atom. The smallest absolute Gasteiger partial charge is 0.241 e. The number of anilines is 1. The van der Waals surface area contributed by atoms with Crippen LogP contribution in [0.1, 0.15) is 37.7 Å². The average Bonchev–Trinajstić information content (AvgIpc) is 3.13. The first-order chi connectivity index (χ1) is 13.2. The van der Waals surface area contributed by atoms with Crippen LogP contribution in [0, 0.1) is 5.92 Å². The standard InChI is InChI=1S/C21H24ClN3O2.2ClH/c22-17-11-16(7-8-20(17)27-13-14-4-3-9-23-12-14)24-21(26)19-10-15-5-1-2-6-18(15)25-19;;/h3-4,7-9,11-12,15,18-19,25H,1-2,5-6,10,13H2,(H,24,26);2*1H. The number of carbonyl (C=O) groups excluding carboxylic acids is 1. The number of rotatable bonds is 5. The third-order valence-corrected chi connectivity index (χ3v) is 5.79. The van der Waals surface area contributed by atoms with Crippen molar-refractivity contribution in [3.8, 4) is 5.75 Å². The van der Waals surface area contributed by atoms with Crippen molar-refractivity contribution >= 4 is 48.0 Å². The summed E-state index contributed by atoms with van der Waals surface area (Å²) in [4.78, 5) is 16.7. The van der Waals surface area contributed by atoms with Gasteiger partial charge in [-0.3, -0.25) is 9.78 Å². The van der Waals surface area contributed by atoms with E-state index in [0.29, 0.717) is 35.0 Å². The van der Waals surface area contributed by atoms with E-state index < -0.39 is 0 Å². The molecule has 1 aromatic carbocycles. The van der Waals surface area contributed by atoms with Crippen LogP contribution in [0.25, 0.3) is 0 Å². The highest BCUT2D eigenvalue weighted by Gasteiger charge is 2.38. The predicted molar refractivity (Wildman–Crippen MR) is 120 cm³/mol. The number of benzene rings is 1. The van der Waals surface area contributed by atoms with E-state index in [1.54, 1.807) is 24.5 Å². The van der Waals surface area contributed by atoms with E-state index >= 15 is 0 Å². The second kappa shape index (κ2) is 11.0. The van der Waals surface area contributed by atoms with E-state index in [1.807, 2.05) is 18.2 Å². The van der Waals surface area contributed by atoms with Crippen LogP contribution in [0.2, 0.25) is 5.02 Å². The summed E-state index contributed by atoms with van der Waals surface area (Å²) in [6.07, 6.45) is 9.37. The minimum absolute atomic E-state index is 0. The lowest BCUT2D eigenvalue weighted by atomic mass is 9.85. The fourth-order valence-electron chi connectivity index (χ4n) is 4.09. The maximum absolute atomic E-state index is 12.6. The second-order valence-corrected chi connectivity index (χ2v) is 7.80. The third-order valence-electron chi connectivity index (χ3n) is 5.50. The average molecular weight is 459 g/mol. The predicted octanol–water partition coefficient (Wildman–Crippen LogP) is 5.02. The van der Waals surface area contributed by atoms with E-state index in [-0.39, 0.29) is 36.8 Å². The number of amides is 1. The molecule has 0 radical (unpaired) electrons. The Kier molecular flexibility index (Phi) is 9.03. The lowest BCUT2D eigenvalue weighted by molar-refractivity contribution is -0.117. The Hall–Kier alpha value is -1.53. The molecule has 2 N–H and O–H groups in total. The van der Waals surface area contributed by atoms with Gasteiger partial charge in [0.1, 0.15) is 12.4 Å². The van der Waals surface area contributed by atoms with Crippen LogP contribution >= 0.6 is 36.4 Å². The van der Waals surface area contributed by atoms with Crippen molar-refractivity contribution in [2.45, 2.75) is 50.8 Å². The molecule has 0 spiro atoms. The molecule has 1 aliphatic carbocycles. The molecule has 0 bridgehead atoms. The number of aromatic nitrogens is 1. The number of hydrogen-bond acceptors (Lipinski definition) is 4. The molecule has 1 saturated heterocycles. The molecule has 2 fully saturated rings. The summed E-state index contributed by atoms with van der Waals surface area (Å²) < 4.78 is 5.75. The van der Waals surface area contributed by atoms with Crippen molar-refractivity contribution in [2.24, 2.45) is 5.92 Å². The largest absolute Gasteiger partial charge is 0.487 e. The van der Waals surface area contributed by atoms with Gasteiger partial charge in [0.2, 0.25) is 5.91 Å². The van der Waals surface area contributed by atoms with Crippen molar-refractivity contribution in [3.63, 3.8) is 0 Å². The van der Waals surface area contributed by atoms with E-state index in [2.05, 4.69) is 15.6 Å². The molecule has 8 heteroatoms. The quantitative estimate of drug-likeness (QED) is 0.660. The Morgan fingerprint density at radius 2 is 2.07 bits per heavy atom. The van der Waals surface area contributed by atoms with Crippen molar-refractivity contribution in [1.82, 2.24) is 10.3 Å². The van der Waals surface area contributed by atoms with Crippen molar-refractivity contribution in [2.75, 3.05) is 5.32 Å². The van der Waals surface area contributed by atoms with Crippen LogP contribution < -0.4 is 15.4 Å². The number of carbonyl (C=O) groups is 1. The Bertz CT molecular complexity index is 793. The van der Waals surface area contributed by atoms with Gasteiger partial charge in [-0.1, -0.05) is 30.5 Å². The highest BCUT2D eigenvalue weighted by atomic mass is 35.5. The van der Waals surface area contributed by atoms with Crippen LogP contribution in [0.3, 0.4) is 0 Å². The summed E-state index contributed by atoms with van der Waals surface area (Å²) in [6.45, 7) is 0.397. The van der Waals surface area contributed by atoms with Crippen molar-refractivity contribution in [1.29, 1.82) is 0 Å². The normalized spacial score (nSPS) is 22.6. The molecular weight excluding hydrogens is 433 g/mol. The topological polar surface area (TPSA) is 63.2 Å². The third kappa shape index (κ3) is 5.98. The first kappa shape index (κ1) is 23.7. The lowest BCUT2D eigenvalue weighted by Gasteiger charge is -2.24. The monoisotopic (exact) mass is 457 g/mol. The zero-order chi connectivity index (χ0) is 18.6. The van der Waals surface area contributed by atoms with Gasteiger partial charge in [-0.05, 0) is 49.4 Å². The van der Waals surface area contributed by atoms with Crippen LogP contribution in [-0.4, -0.2) is 23.0 Å². The maximum atomic E-state index is 12.6. The summed E-state index contributed by atoms with van der Waals surface area (Å²) in [6, 6.07) is 9.55. The SMILES string of the molecule is Cl.Cl.O=C(Nc1ccc(OCc2cccnc2)c(Cl)c1)C1CC2CCCCC2N1. The van der Waals surface area contributed by atoms with Gasteiger partial charge in [0.15, 0.2) is 0 Å². The van der Waals surface area contributed by atoms with Gasteiger partial charge in [-0.15, -0.1) is 24.8 Å². The zero-order valence-electron chi connectivity index (χ0n) is 16.0. The van der Waals surface area contributed by atoms with E-state index in [9.17, 15) is 4.79 Å².